The third kappa shape index (κ3) is 3.43. The van der Waals surface area contributed by atoms with Crippen molar-refractivity contribution < 1.29 is 14.4 Å². The van der Waals surface area contributed by atoms with Crippen LogP contribution in [-0.2, 0) is 16.0 Å². The van der Waals surface area contributed by atoms with Crippen LogP contribution in [0.25, 0.3) is 0 Å². The van der Waals surface area contributed by atoms with Gasteiger partial charge in [-0.25, -0.2) is 4.79 Å². The molecule has 0 fully saturated rings. The molecule has 6 N–H and O–H groups in total. The molecule has 1 atom stereocenters. The zero-order chi connectivity index (χ0) is 15.6. The van der Waals surface area contributed by atoms with Crippen molar-refractivity contribution in [3.63, 3.8) is 0 Å². The molecule has 0 heterocycles. The first kappa shape index (κ1) is 15.1. The fraction of sp³-hybridized carbons (Fsp3) is 0.308. The van der Waals surface area contributed by atoms with Crippen LogP contribution in [0.3, 0.4) is 0 Å². The van der Waals surface area contributed by atoms with E-state index in [2.05, 4.69) is 10.6 Å². The number of nitrogens with one attached hydrogen (secondary N) is 2. The number of rotatable bonds is 4. The second-order valence-corrected chi connectivity index (χ2v) is 5.23. The van der Waals surface area contributed by atoms with E-state index in [0.29, 0.717) is 11.4 Å². The summed E-state index contributed by atoms with van der Waals surface area (Å²) in [6.07, 6.45) is 1.50. The van der Waals surface area contributed by atoms with Crippen LogP contribution in [0.2, 0.25) is 5.02 Å². The monoisotopic (exact) mass is 310 g/mol. The van der Waals surface area contributed by atoms with Gasteiger partial charge in [0.25, 0.3) is 0 Å². The van der Waals surface area contributed by atoms with E-state index in [1.165, 1.54) is 0 Å². The van der Waals surface area contributed by atoms with Crippen molar-refractivity contribution in [2.75, 3.05) is 0 Å². The maximum absolute atomic E-state index is 11.8. The number of urea groups is 1. The van der Waals surface area contributed by atoms with Gasteiger partial charge in [0.15, 0.2) is 6.04 Å². The summed E-state index contributed by atoms with van der Waals surface area (Å²) in [6, 6.07) is 3.02. The number of fused-ring (bicyclic) bond motifs is 1. The van der Waals surface area contributed by atoms with Gasteiger partial charge in [0, 0.05) is 5.02 Å². The van der Waals surface area contributed by atoms with E-state index in [-0.39, 0.29) is 6.04 Å². The molecule has 0 aliphatic heterocycles. The number of amides is 4. The van der Waals surface area contributed by atoms with E-state index in [1.54, 1.807) is 6.07 Å². The van der Waals surface area contributed by atoms with Crippen LogP contribution in [-0.4, -0.2) is 23.9 Å². The number of hydrogen-bond donors (Lipinski definition) is 4. The van der Waals surface area contributed by atoms with Gasteiger partial charge in [0.2, 0.25) is 11.8 Å². The van der Waals surface area contributed by atoms with Crippen molar-refractivity contribution in [2.24, 2.45) is 11.5 Å². The quantitative estimate of drug-likeness (QED) is 0.583. The molecule has 0 spiro atoms. The molecule has 0 aromatic heterocycles. The lowest BCUT2D eigenvalue weighted by Gasteiger charge is -2.17. The Morgan fingerprint density at radius 3 is 2.52 bits per heavy atom. The van der Waals surface area contributed by atoms with E-state index >= 15 is 0 Å². The number of carbonyl (C=O) groups is 3. The van der Waals surface area contributed by atoms with Gasteiger partial charge in [0.05, 0.1) is 6.04 Å². The molecule has 1 aromatic rings. The van der Waals surface area contributed by atoms with Crippen molar-refractivity contribution in [3.05, 3.63) is 34.3 Å². The zero-order valence-corrected chi connectivity index (χ0v) is 11.8. The lowest BCUT2D eigenvalue weighted by atomic mass is 10.1. The van der Waals surface area contributed by atoms with Crippen molar-refractivity contribution in [3.8, 4) is 0 Å². The summed E-state index contributed by atoms with van der Waals surface area (Å²) in [5.41, 5.74) is 12.0. The number of aryl methyl sites for hydroxylation is 1. The summed E-state index contributed by atoms with van der Waals surface area (Å²) in [5, 5.41) is 5.49. The molecule has 0 unspecified atom stereocenters. The normalized spacial score (nSPS) is 16.4. The maximum atomic E-state index is 11.8. The zero-order valence-electron chi connectivity index (χ0n) is 11.1. The number of nitrogens with two attached hydrogens (primary N) is 2. The largest absolute Gasteiger partial charge is 0.367 e. The number of primary amides is 2. The van der Waals surface area contributed by atoms with Gasteiger partial charge in [-0.2, -0.15) is 0 Å². The highest BCUT2D eigenvalue weighted by Gasteiger charge is 2.27. The van der Waals surface area contributed by atoms with Crippen LogP contribution >= 0.6 is 11.6 Å². The summed E-state index contributed by atoms with van der Waals surface area (Å²) >= 11 is 5.91. The maximum Gasteiger partial charge on any atom is 0.316 e. The Balaban J connectivity index is 2.02. The minimum absolute atomic E-state index is 0.210. The average molecular weight is 311 g/mol. The molecule has 1 aliphatic rings. The first-order valence-corrected chi connectivity index (χ1v) is 6.70. The SMILES string of the molecule is NC(=O)C(NC(=O)N[C@H]1CCc2cc(Cl)ccc21)C(N)=O. The Morgan fingerprint density at radius 2 is 1.90 bits per heavy atom. The van der Waals surface area contributed by atoms with Crippen LogP contribution in [0.1, 0.15) is 23.6 Å². The van der Waals surface area contributed by atoms with Crippen LogP contribution in [0, 0.1) is 0 Å². The molecule has 7 nitrogen and oxygen atoms in total. The van der Waals surface area contributed by atoms with Gasteiger partial charge in [-0.3, -0.25) is 9.59 Å². The molecule has 112 valence electrons. The van der Waals surface area contributed by atoms with Crippen LogP contribution in [0.4, 0.5) is 4.79 Å². The summed E-state index contributed by atoms with van der Waals surface area (Å²) < 4.78 is 0. The van der Waals surface area contributed by atoms with E-state index < -0.39 is 23.9 Å². The molecule has 0 radical (unpaired) electrons. The second kappa shape index (κ2) is 6.01. The van der Waals surface area contributed by atoms with Gasteiger partial charge in [0.1, 0.15) is 0 Å². The molecule has 0 saturated heterocycles. The molecule has 1 aromatic carbocycles. The molecule has 4 amide bonds. The van der Waals surface area contributed by atoms with Crippen molar-refractivity contribution in [2.45, 2.75) is 24.9 Å². The van der Waals surface area contributed by atoms with Gasteiger partial charge in [-0.05, 0) is 36.1 Å². The van der Waals surface area contributed by atoms with Crippen molar-refractivity contribution in [1.29, 1.82) is 0 Å². The summed E-state index contributed by atoms with van der Waals surface area (Å²) in [7, 11) is 0. The Labute approximate surface area is 126 Å². The fourth-order valence-corrected chi connectivity index (χ4v) is 2.54. The molecular weight excluding hydrogens is 296 g/mol. The minimum atomic E-state index is -1.53. The standard InChI is InChI=1S/C13H15ClN4O3/c14-7-2-3-8-6(5-7)1-4-9(8)17-13(21)18-10(11(15)19)12(16)20/h2-3,5,9-10H,1,4H2,(H2,15,19)(H2,16,20)(H2,17,18,21)/t9-/m0/s1. The highest BCUT2D eigenvalue weighted by molar-refractivity contribution is 6.30. The second-order valence-electron chi connectivity index (χ2n) is 4.79. The number of benzene rings is 1. The summed E-state index contributed by atoms with van der Waals surface area (Å²) in [6.45, 7) is 0. The molecule has 2 rings (SSSR count). The molecule has 0 bridgehead atoms. The minimum Gasteiger partial charge on any atom is -0.367 e. The molecule has 1 aliphatic carbocycles. The number of hydrogen-bond acceptors (Lipinski definition) is 3. The van der Waals surface area contributed by atoms with E-state index in [0.717, 1.165) is 17.5 Å². The lowest BCUT2D eigenvalue weighted by molar-refractivity contribution is -0.128. The smallest absolute Gasteiger partial charge is 0.316 e. The van der Waals surface area contributed by atoms with Gasteiger partial charge in [-0.1, -0.05) is 17.7 Å². The van der Waals surface area contributed by atoms with E-state index in [1.807, 2.05) is 12.1 Å². The van der Waals surface area contributed by atoms with Gasteiger partial charge < -0.3 is 22.1 Å². The summed E-state index contributed by atoms with van der Waals surface area (Å²) in [5.74, 6) is -2.01. The predicted octanol–water partition coefficient (Wildman–Crippen LogP) is -0.0343. The van der Waals surface area contributed by atoms with Crippen LogP contribution < -0.4 is 22.1 Å². The lowest BCUT2D eigenvalue weighted by Crippen LogP contribution is -2.55. The number of halogens is 1. The molecule has 21 heavy (non-hydrogen) atoms. The number of carbonyl (C=O) groups excluding carboxylic acids is 3. The Bertz CT molecular complexity index is 591. The average Bonchev–Trinajstić information content (AvgIpc) is 2.77. The highest BCUT2D eigenvalue weighted by Crippen LogP contribution is 2.32. The predicted molar refractivity (Wildman–Crippen MR) is 76.4 cm³/mol. The molecular formula is C13H15ClN4O3. The van der Waals surface area contributed by atoms with Crippen LogP contribution in [0.5, 0.6) is 0 Å². The summed E-state index contributed by atoms with van der Waals surface area (Å²) in [4.78, 5) is 33.9. The Kier molecular flexibility index (Phi) is 4.32. The molecule has 0 saturated carbocycles. The topological polar surface area (TPSA) is 127 Å². The van der Waals surface area contributed by atoms with E-state index in [4.69, 9.17) is 23.1 Å². The third-order valence-electron chi connectivity index (χ3n) is 3.33. The highest BCUT2D eigenvalue weighted by atomic mass is 35.5. The third-order valence-corrected chi connectivity index (χ3v) is 3.57. The van der Waals surface area contributed by atoms with Crippen molar-refractivity contribution >= 4 is 29.4 Å². The van der Waals surface area contributed by atoms with Crippen LogP contribution in [0.15, 0.2) is 18.2 Å². The van der Waals surface area contributed by atoms with Gasteiger partial charge in [-0.15, -0.1) is 0 Å². The Hall–Kier alpha value is -2.28. The molecule has 8 heteroatoms. The van der Waals surface area contributed by atoms with E-state index in [9.17, 15) is 14.4 Å². The Morgan fingerprint density at radius 1 is 1.24 bits per heavy atom. The first-order chi connectivity index (χ1) is 9.88. The van der Waals surface area contributed by atoms with Crippen molar-refractivity contribution in [1.82, 2.24) is 10.6 Å². The fourth-order valence-electron chi connectivity index (χ4n) is 2.35. The first-order valence-electron chi connectivity index (χ1n) is 6.32. The van der Waals surface area contributed by atoms with Gasteiger partial charge >= 0.3 is 6.03 Å².